The second-order valence-corrected chi connectivity index (χ2v) is 6.00. The lowest BCUT2D eigenvalue weighted by molar-refractivity contribution is 0.0697. The lowest BCUT2D eigenvalue weighted by Gasteiger charge is -2.07. The minimum absolute atomic E-state index is 0.147. The highest BCUT2D eigenvalue weighted by Crippen LogP contribution is 2.38. The minimum atomic E-state index is -1.06. The van der Waals surface area contributed by atoms with E-state index in [1.54, 1.807) is 49.4 Å². The van der Waals surface area contributed by atoms with Crippen molar-refractivity contribution < 1.29 is 19.4 Å². The first-order valence-corrected chi connectivity index (χ1v) is 7.96. The smallest absolute Gasteiger partial charge is 0.336 e. The van der Waals surface area contributed by atoms with Gasteiger partial charge in [0.1, 0.15) is 5.75 Å². The number of aromatic carboxylic acids is 1. The van der Waals surface area contributed by atoms with Crippen molar-refractivity contribution in [2.24, 2.45) is 0 Å². The molecule has 25 heavy (non-hydrogen) atoms. The van der Waals surface area contributed by atoms with Crippen LogP contribution in [0.4, 0.5) is 0 Å². The van der Waals surface area contributed by atoms with E-state index in [9.17, 15) is 14.7 Å². The van der Waals surface area contributed by atoms with Crippen LogP contribution in [0.15, 0.2) is 48.5 Å². The van der Waals surface area contributed by atoms with Crippen LogP contribution in [0.1, 0.15) is 31.8 Å². The molecule has 5 heteroatoms. The van der Waals surface area contributed by atoms with Crippen molar-refractivity contribution in [3.63, 3.8) is 0 Å². The summed E-state index contributed by atoms with van der Waals surface area (Å²) < 4.78 is 5.11. The van der Waals surface area contributed by atoms with Gasteiger partial charge in [-0.1, -0.05) is 41.9 Å². The second-order valence-electron chi connectivity index (χ2n) is 5.60. The second kappa shape index (κ2) is 6.57. The third-order valence-electron chi connectivity index (χ3n) is 4.18. The van der Waals surface area contributed by atoms with Crippen LogP contribution in [-0.2, 0) is 0 Å². The Labute approximate surface area is 150 Å². The number of hydrogen-bond acceptors (Lipinski definition) is 3. The maximum Gasteiger partial charge on any atom is 0.336 e. The summed E-state index contributed by atoms with van der Waals surface area (Å²) in [5, 5.41) is 9.90. The Bertz CT molecular complexity index is 962. The molecule has 126 valence electrons. The number of methoxy groups -OCH3 is 1. The third kappa shape index (κ3) is 2.85. The summed E-state index contributed by atoms with van der Waals surface area (Å²) >= 11 is 6.12. The first kappa shape index (κ1) is 17.0. The molecule has 0 aromatic heterocycles. The normalized spacial score (nSPS) is 10.7. The Kier molecular flexibility index (Phi) is 4.47. The predicted molar refractivity (Wildman–Crippen MR) is 96.2 cm³/mol. The fourth-order valence-electron chi connectivity index (χ4n) is 3.03. The number of carboxylic acid groups (broad SMARTS) is 1. The molecule has 0 saturated heterocycles. The zero-order valence-corrected chi connectivity index (χ0v) is 14.4. The van der Waals surface area contributed by atoms with Crippen LogP contribution in [0.25, 0.3) is 11.1 Å². The van der Waals surface area contributed by atoms with Gasteiger partial charge in [-0.25, -0.2) is 4.79 Å². The van der Waals surface area contributed by atoms with Gasteiger partial charge >= 0.3 is 5.97 Å². The molecule has 1 N–H and O–H groups in total. The highest BCUT2D eigenvalue weighted by atomic mass is 35.5. The van der Waals surface area contributed by atoms with Crippen molar-refractivity contribution in [2.75, 3.05) is 7.11 Å². The molecule has 0 heterocycles. The van der Waals surface area contributed by atoms with E-state index < -0.39 is 5.97 Å². The Morgan fingerprint density at radius 2 is 1.64 bits per heavy atom. The van der Waals surface area contributed by atoms with Crippen LogP contribution >= 0.6 is 11.6 Å². The molecule has 1 aromatic rings. The van der Waals surface area contributed by atoms with E-state index in [2.05, 4.69) is 0 Å². The van der Waals surface area contributed by atoms with Crippen LogP contribution in [0.3, 0.4) is 0 Å². The molecule has 0 unspecified atom stereocenters. The zero-order chi connectivity index (χ0) is 18.1. The summed E-state index contributed by atoms with van der Waals surface area (Å²) in [5.41, 5.74) is 2.50. The molecule has 0 amide bonds. The van der Waals surface area contributed by atoms with Gasteiger partial charge in [0, 0.05) is 11.1 Å². The van der Waals surface area contributed by atoms with Crippen LogP contribution in [0.2, 0.25) is 5.02 Å². The summed E-state index contributed by atoms with van der Waals surface area (Å²) in [6, 6.07) is 13.6. The van der Waals surface area contributed by atoms with E-state index in [0.29, 0.717) is 38.6 Å². The number of fused-ring (bicyclic) bond motifs is 1. The number of hydrogen-bond donors (Lipinski definition) is 1. The molecule has 2 aliphatic carbocycles. The number of rotatable bonds is 4. The lowest BCUT2D eigenvalue weighted by Crippen LogP contribution is -2.04. The Hall–Kier alpha value is -2.85. The summed E-state index contributed by atoms with van der Waals surface area (Å²) in [5.74, 6) is -0.855. The van der Waals surface area contributed by atoms with E-state index in [1.165, 1.54) is 13.2 Å². The van der Waals surface area contributed by atoms with Crippen molar-refractivity contribution in [1.82, 2.24) is 0 Å². The zero-order valence-electron chi connectivity index (χ0n) is 13.7. The molecule has 0 aliphatic heterocycles. The van der Waals surface area contributed by atoms with Crippen LogP contribution in [-0.4, -0.2) is 24.0 Å². The number of ketones is 1. The Balaban J connectivity index is 2.23. The van der Waals surface area contributed by atoms with Crippen LogP contribution in [0.5, 0.6) is 5.75 Å². The number of carboxylic acids is 1. The number of halogens is 1. The van der Waals surface area contributed by atoms with Gasteiger partial charge in [-0.2, -0.15) is 0 Å². The van der Waals surface area contributed by atoms with Gasteiger partial charge in [0.25, 0.3) is 0 Å². The van der Waals surface area contributed by atoms with Gasteiger partial charge in [-0.05, 0) is 41.8 Å². The summed E-state index contributed by atoms with van der Waals surface area (Å²) in [4.78, 5) is 24.8. The average molecular weight is 355 g/mol. The molecule has 0 radical (unpaired) electrons. The van der Waals surface area contributed by atoms with E-state index in [4.69, 9.17) is 16.3 Å². The number of ether oxygens (including phenoxy) is 1. The summed E-state index contributed by atoms with van der Waals surface area (Å²) in [6.45, 7) is 1.65. The van der Waals surface area contributed by atoms with Crippen LogP contribution < -0.4 is 4.74 Å². The molecule has 0 bridgehead atoms. The summed E-state index contributed by atoms with van der Waals surface area (Å²) in [6.07, 6.45) is 0. The highest BCUT2D eigenvalue weighted by Gasteiger charge is 2.28. The third-order valence-corrected chi connectivity index (χ3v) is 4.48. The van der Waals surface area contributed by atoms with Gasteiger partial charge in [-0.15, -0.1) is 0 Å². The minimum Gasteiger partial charge on any atom is -0.495 e. The molecular formula is C20H15ClO4. The Morgan fingerprint density at radius 1 is 1.00 bits per heavy atom. The molecule has 1 aromatic carbocycles. The van der Waals surface area contributed by atoms with E-state index >= 15 is 0 Å². The van der Waals surface area contributed by atoms with E-state index in [1.807, 2.05) is 0 Å². The van der Waals surface area contributed by atoms with Crippen molar-refractivity contribution in [3.8, 4) is 16.9 Å². The first-order valence-electron chi connectivity index (χ1n) is 7.58. The quantitative estimate of drug-likeness (QED) is 0.690. The fraction of sp³-hybridized carbons (Fsp3) is 0.100. The van der Waals surface area contributed by atoms with Gasteiger partial charge in [-0.3, -0.25) is 4.79 Å². The van der Waals surface area contributed by atoms with Crippen molar-refractivity contribution in [1.29, 1.82) is 0 Å². The van der Waals surface area contributed by atoms with Gasteiger partial charge in [0.05, 0.1) is 17.7 Å². The van der Waals surface area contributed by atoms with Gasteiger partial charge < -0.3 is 9.84 Å². The Morgan fingerprint density at radius 3 is 2.20 bits per heavy atom. The molecule has 3 rings (SSSR count). The molecule has 0 fully saturated rings. The maximum absolute atomic E-state index is 13.1. The average Bonchev–Trinajstić information content (AvgIpc) is 2.72. The molecule has 0 spiro atoms. The molecule has 0 saturated carbocycles. The number of carbonyl (C=O) groups is 2. The van der Waals surface area contributed by atoms with Gasteiger partial charge in [0.15, 0.2) is 5.78 Å². The molecule has 4 nitrogen and oxygen atoms in total. The fourth-order valence-corrected chi connectivity index (χ4v) is 3.29. The predicted octanol–water partition coefficient (Wildman–Crippen LogP) is 4.69. The van der Waals surface area contributed by atoms with Crippen molar-refractivity contribution in [2.45, 2.75) is 6.92 Å². The first-order chi connectivity index (χ1) is 12.0. The van der Waals surface area contributed by atoms with Crippen molar-refractivity contribution in [3.05, 3.63) is 75.8 Å². The SMILES string of the molecule is COc1ccc(C(=O)c2c3cccccc-3c(C(=O)O)c2C)cc1Cl. The maximum atomic E-state index is 13.1. The van der Waals surface area contributed by atoms with Crippen LogP contribution in [0, 0.1) is 6.92 Å². The molecule has 2 aliphatic rings. The highest BCUT2D eigenvalue weighted by molar-refractivity contribution is 6.32. The number of benzene rings is 1. The topological polar surface area (TPSA) is 63.6 Å². The molecule has 0 atom stereocenters. The standard InChI is InChI=1S/C20H15ClO4/c1-11-17(19(22)12-8-9-16(25-2)15(21)10-12)13-6-4-3-5-7-14(13)18(11)20(23)24/h3-10H,1-2H3,(H,23,24). The monoisotopic (exact) mass is 354 g/mol. The number of carbonyl (C=O) groups excluding carboxylic acids is 1. The molecular weight excluding hydrogens is 340 g/mol. The summed E-state index contributed by atoms with van der Waals surface area (Å²) in [7, 11) is 1.50. The van der Waals surface area contributed by atoms with Gasteiger partial charge in [0.2, 0.25) is 0 Å². The largest absolute Gasteiger partial charge is 0.495 e. The lowest BCUT2D eigenvalue weighted by atomic mass is 9.99. The van der Waals surface area contributed by atoms with E-state index in [0.717, 1.165) is 0 Å². The van der Waals surface area contributed by atoms with E-state index in [-0.39, 0.29) is 11.3 Å². The van der Waals surface area contributed by atoms with Crippen molar-refractivity contribution >= 4 is 23.4 Å².